The van der Waals surface area contributed by atoms with Gasteiger partial charge in [-0.2, -0.15) is 0 Å². The number of nitrogen functional groups attached to an aromatic ring is 1. The van der Waals surface area contributed by atoms with E-state index in [0.29, 0.717) is 10.8 Å². The first-order chi connectivity index (χ1) is 8.97. The third-order valence-electron chi connectivity index (χ3n) is 2.87. The van der Waals surface area contributed by atoms with Crippen LogP contribution in [0, 0.1) is 13.8 Å². The van der Waals surface area contributed by atoms with E-state index in [4.69, 9.17) is 17.3 Å². The van der Waals surface area contributed by atoms with Crippen LogP contribution >= 0.6 is 11.6 Å². The number of esters is 1. The topological polar surface area (TPSA) is 70.1 Å². The second-order valence-corrected chi connectivity index (χ2v) is 4.53. The Labute approximate surface area is 116 Å². The molecular formula is C13H14ClN3O2. The molecule has 2 N–H and O–H groups in total. The third-order valence-corrected chi connectivity index (χ3v) is 3.18. The number of nitrogens with zero attached hydrogens (tertiary/aromatic N) is 2. The Hall–Kier alpha value is -2.01. The number of anilines is 1. The van der Waals surface area contributed by atoms with Crippen LogP contribution < -0.4 is 5.73 Å². The van der Waals surface area contributed by atoms with Crippen LogP contribution in [-0.4, -0.2) is 22.6 Å². The number of para-hydroxylation sites is 1. The number of ether oxygens (including phenoxy) is 1. The zero-order chi connectivity index (χ0) is 14.2. The molecule has 0 atom stereocenters. The van der Waals surface area contributed by atoms with Crippen molar-refractivity contribution in [2.75, 3.05) is 12.8 Å². The van der Waals surface area contributed by atoms with Crippen molar-refractivity contribution in [2.45, 2.75) is 13.8 Å². The van der Waals surface area contributed by atoms with Gasteiger partial charge in [0.1, 0.15) is 11.6 Å². The van der Waals surface area contributed by atoms with E-state index < -0.39 is 5.97 Å². The summed E-state index contributed by atoms with van der Waals surface area (Å²) in [4.78, 5) is 15.7. The quantitative estimate of drug-likeness (QED) is 0.858. The van der Waals surface area contributed by atoms with Gasteiger partial charge in [0.05, 0.1) is 17.8 Å². The molecule has 0 spiro atoms. The van der Waals surface area contributed by atoms with E-state index in [-0.39, 0.29) is 11.5 Å². The number of hydrogen-bond acceptors (Lipinski definition) is 4. The summed E-state index contributed by atoms with van der Waals surface area (Å²) in [5.41, 5.74) is 7.75. The Morgan fingerprint density at radius 3 is 2.68 bits per heavy atom. The molecule has 6 heteroatoms. The summed E-state index contributed by atoms with van der Waals surface area (Å²) in [6, 6.07) is 5.53. The Kier molecular flexibility index (Phi) is 3.48. The van der Waals surface area contributed by atoms with Gasteiger partial charge in [-0.15, -0.1) is 0 Å². The van der Waals surface area contributed by atoms with Crippen LogP contribution in [0.5, 0.6) is 0 Å². The highest BCUT2D eigenvalue weighted by Gasteiger charge is 2.21. The maximum absolute atomic E-state index is 11.6. The molecule has 1 aromatic carbocycles. The van der Waals surface area contributed by atoms with Crippen LogP contribution in [0.2, 0.25) is 5.02 Å². The summed E-state index contributed by atoms with van der Waals surface area (Å²) < 4.78 is 6.31. The minimum Gasteiger partial charge on any atom is -0.464 e. The number of imidazole rings is 1. The van der Waals surface area contributed by atoms with Gasteiger partial charge in [-0.3, -0.25) is 4.57 Å². The van der Waals surface area contributed by atoms with E-state index in [9.17, 15) is 4.79 Å². The van der Waals surface area contributed by atoms with Gasteiger partial charge in [0.15, 0.2) is 5.69 Å². The van der Waals surface area contributed by atoms with Crippen LogP contribution in [0.1, 0.15) is 21.9 Å². The van der Waals surface area contributed by atoms with Crippen molar-refractivity contribution >= 4 is 23.4 Å². The summed E-state index contributed by atoms with van der Waals surface area (Å²) in [6.07, 6.45) is 0. The molecule has 2 aromatic rings. The average molecular weight is 280 g/mol. The molecule has 0 aliphatic carbocycles. The molecule has 0 unspecified atom stereocenters. The number of hydrogen-bond donors (Lipinski definition) is 1. The summed E-state index contributed by atoms with van der Waals surface area (Å²) in [6.45, 7) is 3.67. The highest BCUT2D eigenvalue weighted by atomic mass is 35.5. The molecule has 19 heavy (non-hydrogen) atoms. The SMILES string of the molecule is COC(=O)c1nc(C)n(-c2c(C)cccc2Cl)c1N. The highest BCUT2D eigenvalue weighted by Crippen LogP contribution is 2.29. The number of rotatable bonds is 2. The summed E-state index contributed by atoms with van der Waals surface area (Å²) in [5, 5.41) is 0.545. The Morgan fingerprint density at radius 2 is 2.11 bits per heavy atom. The van der Waals surface area contributed by atoms with E-state index in [2.05, 4.69) is 9.72 Å². The molecule has 0 bridgehead atoms. The van der Waals surface area contributed by atoms with Gasteiger partial charge < -0.3 is 10.5 Å². The molecule has 0 aliphatic rings. The number of benzene rings is 1. The van der Waals surface area contributed by atoms with Crippen molar-refractivity contribution in [2.24, 2.45) is 0 Å². The smallest absolute Gasteiger partial charge is 0.360 e. The zero-order valence-corrected chi connectivity index (χ0v) is 11.7. The van der Waals surface area contributed by atoms with Gasteiger partial charge in [0.25, 0.3) is 0 Å². The Balaban J connectivity index is 2.70. The van der Waals surface area contributed by atoms with Gasteiger partial charge in [-0.05, 0) is 25.5 Å². The number of aryl methyl sites for hydroxylation is 2. The van der Waals surface area contributed by atoms with Gasteiger partial charge in [-0.1, -0.05) is 23.7 Å². The van der Waals surface area contributed by atoms with Crippen molar-refractivity contribution in [1.29, 1.82) is 0 Å². The molecule has 1 heterocycles. The predicted octanol–water partition coefficient (Wildman–Crippen LogP) is 2.51. The standard InChI is InChI=1S/C13H14ClN3O2/c1-7-5-4-6-9(14)11(7)17-8(2)16-10(12(17)15)13(18)19-3/h4-6H,15H2,1-3H3. The number of nitrogens with two attached hydrogens (primary N) is 1. The summed E-state index contributed by atoms with van der Waals surface area (Å²) in [5.74, 6) is 0.235. The van der Waals surface area contributed by atoms with Crippen molar-refractivity contribution < 1.29 is 9.53 Å². The molecule has 0 radical (unpaired) electrons. The highest BCUT2D eigenvalue weighted by molar-refractivity contribution is 6.32. The summed E-state index contributed by atoms with van der Waals surface area (Å²) in [7, 11) is 1.29. The van der Waals surface area contributed by atoms with Crippen molar-refractivity contribution in [1.82, 2.24) is 9.55 Å². The second kappa shape index (κ2) is 4.93. The second-order valence-electron chi connectivity index (χ2n) is 4.13. The number of carbonyl (C=O) groups excluding carboxylic acids is 1. The first kappa shape index (κ1) is 13.4. The van der Waals surface area contributed by atoms with Gasteiger partial charge in [0.2, 0.25) is 0 Å². The van der Waals surface area contributed by atoms with Crippen molar-refractivity contribution in [3.05, 3.63) is 40.3 Å². The summed E-state index contributed by atoms with van der Waals surface area (Å²) >= 11 is 6.21. The molecule has 0 aliphatic heterocycles. The number of carbonyl (C=O) groups is 1. The fraction of sp³-hybridized carbons (Fsp3) is 0.231. The predicted molar refractivity (Wildman–Crippen MR) is 73.8 cm³/mol. The lowest BCUT2D eigenvalue weighted by atomic mass is 10.2. The largest absolute Gasteiger partial charge is 0.464 e. The van der Waals surface area contributed by atoms with Crippen molar-refractivity contribution in [3.63, 3.8) is 0 Å². The number of methoxy groups -OCH3 is 1. The van der Waals surface area contributed by atoms with Gasteiger partial charge in [-0.25, -0.2) is 9.78 Å². The minimum atomic E-state index is -0.566. The lowest BCUT2D eigenvalue weighted by Gasteiger charge is -2.12. The van der Waals surface area contributed by atoms with Gasteiger partial charge >= 0.3 is 5.97 Å². The maximum Gasteiger partial charge on any atom is 0.360 e. The normalized spacial score (nSPS) is 10.5. The van der Waals surface area contributed by atoms with Crippen molar-refractivity contribution in [3.8, 4) is 5.69 Å². The Morgan fingerprint density at radius 1 is 1.42 bits per heavy atom. The van der Waals surface area contributed by atoms with Crippen LogP contribution in [-0.2, 0) is 4.74 Å². The van der Waals surface area contributed by atoms with Crippen LogP contribution in [0.3, 0.4) is 0 Å². The first-order valence-corrected chi connectivity index (χ1v) is 6.03. The molecule has 0 saturated heterocycles. The monoisotopic (exact) mass is 279 g/mol. The van der Waals surface area contributed by atoms with E-state index in [1.54, 1.807) is 17.6 Å². The van der Waals surface area contributed by atoms with Crippen LogP contribution in [0.15, 0.2) is 18.2 Å². The molecule has 5 nitrogen and oxygen atoms in total. The molecule has 1 aromatic heterocycles. The molecule has 0 saturated carbocycles. The zero-order valence-electron chi connectivity index (χ0n) is 10.9. The molecule has 2 rings (SSSR count). The number of aromatic nitrogens is 2. The molecule has 100 valence electrons. The van der Waals surface area contributed by atoms with Crippen LogP contribution in [0.25, 0.3) is 5.69 Å². The first-order valence-electron chi connectivity index (χ1n) is 5.66. The van der Waals surface area contributed by atoms with E-state index in [1.807, 2.05) is 19.1 Å². The lowest BCUT2D eigenvalue weighted by molar-refractivity contribution is 0.0596. The lowest BCUT2D eigenvalue weighted by Crippen LogP contribution is -2.08. The van der Waals surface area contributed by atoms with E-state index in [1.165, 1.54) is 7.11 Å². The number of halogens is 1. The van der Waals surface area contributed by atoms with E-state index >= 15 is 0 Å². The van der Waals surface area contributed by atoms with Crippen LogP contribution in [0.4, 0.5) is 5.82 Å². The fourth-order valence-electron chi connectivity index (χ4n) is 1.98. The molecular weight excluding hydrogens is 266 g/mol. The minimum absolute atomic E-state index is 0.0966. The maximum atomic E-state index is 11.6. The fourth-order valence-corrected chi connectivity index (χ4v) is 2.29. The Bertz CT molecular complexity index is 629. The molecule has 0 fully saturated rings. The van der Waals surface area contributed by atoms with E-state index in [0.717, 1.165) is 11.3 Å². The van der Waals surface area contributed by atoms with Gasteiger partial charge in [0, 0.05) is 0 Å². The molecule has 0 amide bonds. The third kappa shape index (κ3) is 2.17. The average Bonchev–Trinajstić information content (AvgIpc) is 2.65.